The Morgan fingerprint density at radius 3 is 2.68 bits per heavy atom. The summed E-state index contributed by atoms with van der Waals surface area (Å²) in [5.74, 6) is -0.264. The third kappa shape index (κ3) is 5.36. The second-order valence-electron chi connectivity index (χ2n) is 6.74. The van der Waals surface area contributed by atoms with Gasteiger partial charge in [0.05, 0.1) is 19.3 Å². The van der Waals surface area contributed by atoms with Crippen molar-refractivity contribution in [2.24, 2.45) is 0 Å². The number of hydrogen-bond donors (Lipinski definition) is 1. The number of ether oxygens (including phenoxy) is 1. The Morgan fingerprint density at radius 2 is 1.88 bits per heavy atom. The van der Waals surface area contributed by atoms with E-state index in [4.69, 9.17) is 4.74 Å². The lowest BCUT2D eigenvalue weighted by molar-refractivity contribution is 0.00715. The van der Waals surface area contributed by atoms with Gasteiger partial charge < -0.3 is 9.84 Å². The van der Waals surface area contributed by atoms with Gasteiger partial charge in [-0.05, 0) is 37.4 Å². The lowest BCUT2D eigenvalue weighted by atomic mass is 10.0. The first-order chi connectivity index (χ1) is 12.2. The van der Waals surface area contributed by atoms with Crippen LogP contribution in [0.15, 0.2) is 54.6 Å². The molecule has 0 saturated carbocycles. The fourth-order valence-corrected chi connectivity index (χ4v) is 3.50. The SMILES string of the molecule is O[C@H](COCc1ccccc1F)CN1CCC[C@@H]1Cc1ccccc1. The predicted octanol–water partition coefficient (Wildman–Crippen LogP) is 3.41. The van der Waals surface area contributed by atoms with Crippen LogP contribution in [0.25, 0.3) is 0 Å². The summed E-state index contributed by atoms with van der Waals surface area (Å²) in [7, 11) is 0. The van der Waals surface area contributed by atoms with Crippen LogP contribution in [0.3, 0.4) is 0 Å². The zero-order valence-electron chi connectivity index (χ0n) is 14.5. The number of aliphatic hydroxyl groups excluding tert-OH is 1. The molecule has 3 nitrogen and oxygen atoms in total. The molecule has 0 bridgehead atoms. The maximum Gasteiger partial charge on any atom is 0.128 e. The lowest BCUT2D eigenvalue weighted by Crippen LogP contribution is -2.39. The molecule has 0 spiro atoms. The summed E-state index contributed by atoms with van der Waals surface area (Å²) in [5.41, 5.74) is 1.86. The molecule has 25 heavy (non-hydrogen) atoms. The lowest BCUT2D eigenvalue weighted by Gasteiger charge is -2.27. The normalized spacial score (nSPS) is 19.2. The van der Waals surface area contributed by atoms with Crippen molar-refractivity contribution in [1.82, 2.24) is 4.90 Å². The van der Waals surface area contributed by atoms with E-state index in [1.807, 2.05) is 6.07 Å². The number of hydrogen-bond acceptors (Lipinski definition) is 3. The van der Waals surface area contributed by atoms with E-state index in [-0.39, 0.29) is 19.0 Å². The maximum absolute atomic E-state index is 13.5. The van der Waals surface area contributed by atoms with Crippen molar-refractivity contribution >= 4 is 0 Å². The number of rotatable bonds is 8. The molecule has 1 aliphatic rings. The van der Waals surface area contributed by atoms with Crippen molar-refractivity contribution < 1.29 is 14.2 Å². The van der Waals surface area contributed by atoms with Crippen LogP contribution >= 0.6 is 0 Å². The number of likely N-dealkylation sites (tertiary alicyclic amines) is 1. The second-order valence-corrected chi connectivity index (χ2v) is 6.74. The van der Waals surface area contributed by atoms with E-state index in [2.05, 4.69) is 29.2 Å². The van der Waals surface area contributed by atoms with Crippen LogP contribution in [0.2, 0.25) is 0 Å². The molecule has 0 radical (unpaired) electrons. The van der Waals surface area contributed by atoms with Crippen molar-refractivity contribution in [3.63, 3.8) is 0 Å². The minimum atomic E-state index is -0.553. The summed E-state index contributed by atoms with van der Waals surface area (Å²) in [4.78, 5) is 2.35. The molecular formula is C21H26FNO2. The molecule has 2 atom stereocenters. The summed E-state index contributed by atoms with van der Waals surface area (Å²) in [6.07, 6.45) is 2.80. The molecule has 0 amide bonds. The summed E-state index contributed by atoms with van der Waals surface area (Å²) in [6, 6.07) is 17.5. The van der Waals surface area contributed by atoms with Crippen LogP contribution in [0, 0.1) is 5.82 Å². The molecule has 2 aromatic carbocycles. The van der Waals surface area contributed by atoms with Crippen LogP contribution in [0.5, 0.6) is 0 Å². The number of halogens is 1. The Labute approximate surface area is 149 Å². The minimum Gasteiger partial charge on any atom is -0.389 e. The maximum atomic E-state index is 13.5. The molecule has 0 aliphatic carbocycles. The van der Waals surface area contributed by atoms with Crippen LogP contribution in [0.4, 0.5) is 4.39 Å². The third-order valence-electron chi connectivity index (χ3n) is 4.78. The van der Waals surface area contributed by atoms with Crippen LogP contribution in [-0.4, -0.2) is 41.8 Å². The average Bonchev–Trinajstić information content (AvgIpc) is 3.04. The highest BCUT2D eigenvalue weighted by molar-refractivity contribution is 5.17. The largest absolute Gasteiger partial charge is 0.389 e. The van der Waals surface area contributed by atoms with Gasteiger partial charge in [0.2, 0.25) is 0 Å². The van der Waals surface area contributed by atoms with Crippen molar-refractivity contribution in [3.05, 3.63) is 71.5 Å². The molecular weight excluding hydrogens is 317 g/mol. The Kier molecular flexibility index (Phi) is 6.56. The van der Waals surface area contributed by atoms with E-state index in [0.717, 1.165) is 19.4 Å². The van der Waals surface area contributed by atoms with Crippen molar-refractivity contribution in [3.8, 4) is 0 Å². The average molecular weight is 343 g/mol. The Balaban J connectivity index is 1.43. The molecule has 134 valence electrons. The Morgan fingerprint density at radius 1 is 1.12 bits per heavy atom. The van der Waals surface area contributed by atoms with Crippen LogP contribution < -0.4 is 0 Å². The monoisotopic (exact) mass is 343 g/mol. The van der Waals surface area contributed by atoms with E-state index in [9.17, 15) is 9.50 Å². The summed E-state index contributed by atoms with van der Waals surface area (Å²) in [5, 5.41) is 10.3. The predicted molar refractivity (Wildman–Crippen MR) is 96.8 cm³/mol. The van der Waals surface area contributed by atoms with Gasteiger partial charge >= 0.3 is 0 Å². The molecule has 1 aliphatic heterocycles. The highest BCUT2D eigenvalue weighted by Gasteiger charge is 2.26. The van der Waals surface area contributed by atoms with Crippen molar-refractivity contribution in [2.75, 3.05) is 19.7 Å². The van der Waals surface area contributed by atoms with Gasteiger partial charge in [0.1, 0.15) is 5.82 Å². The van der Waals surface area contributed by atoms with E-state index in [0.29, 0.717) is 18.2 Å². The minimum absolute atomic E-state index is 0.192. The third-order valence-corrected chi connectivity index (χ3v) is 4.78. The fraction of sp³-hybridized carbons (Fsp3) is 0.429. The van der Waals surface area contributed by atoms with Gasteiger partial charge in [-0.3, -0.25) is 4.90 Å². The highest BCUT2D eigenvalue weighted by Crippen LogP contribution is 2.21. The van der Waals surface area contributed by atoms with Crippen molar-refractivity contribution in [1.29, 1.82) is 0 Å². The van der Waals surface area contributed by atoms with E-state index in [1.165, 1.54) is 18.1 Å². The fourth-order valence-electron chi connectivity index (χ4n) is 3.50. The molecule has 2 aromatic rings. The van der Waals surface area contributed by atoms with Gasteiger partial charge in [0, 0.05) is 18.2 Å². The standard InChI is InChI=1S/C21H26FNO2/c22-21-11-5-4-9-18(21)15-25-16-20(24)14-23-12-6-10-19(23)13-17-7-2-1-3-8-17/h1-5,7-9,11,19-20,24H,6,10,12-16H2/t19-,20+/m1/s1. The summed E-state index contributed by atoms with van der Waals surface area (Å²) < 4.78 is 19.1. The second kappa shape index (κ2) is 9.09. The van der Waals surface area contributed by atoms with Gasteiger partial charge in [-0.15, -0.1) is 0 Å². The number of nitrogens with zero attached hydrogens (tertiary/aromatic N) is 1. The van der Waals surface area contributed by atoms with E-state index in [1.54, 1.807) is 18.2 Å². The summed E-state index contributed by atoms with van der Waals surface area (Å²) >= 11 is 0. The Bertz CT molecular complexity index is 649. The van der Waals surface area contributed by atoms with Crippen molar-refractivity contribution in [2.45, 2.75) is 38.0 Å². The van der Waals surface area contributed by atoms with Crippen LogP contribution in [-0.2, 0) is 17.8 Å². The number of benzene rings is 2. The first kappa shape index (κ1) is 18.1. The Hall–Kier alpha value is -1.75. The molecule has 0 aromatic heterocycles. The zero-order valence-corrected chi connectivity index (χ0v) is 14.5. The molecule has 0 unspecified atom stereocenters. The zero-order chi connectivity index (χ0) is 17.5. The molecule has 1 saturated heterocycles. The molecule has 1 N–H and O–H groups in total. The molecule has 1 heterocycles. The van der Waals surface area contributed by atoms with Crippen LogP contribution in [0.1, 0.15) is 24.0 Å². The van der Waals surface area contributed by atoms with E-state index < -0.39 is 6.10 Å². The van der Waals surface area contributed by atoms with Gasteiger partial charge in [-0.2, -0.15) is 0 Å². The topological polar surface area (TPSA) is 32.7 Å². The van der Waals surface area contributed by atoms with E-state index >= 15 is 0 Å². The number of β-amino-alcohol motifs (C(OH)–C–C–N with tert-alkyl or cyclic N) is 1. The summed E-state index contributed by atoms with van der Waals surface area (Å²) in [6.45, 7) is 2.04. The van der Waals surface area contributed by atoms with Gasteiger partial charge in [-0.1, -0.05) is 48.5 Å². The van der Waals surface area contributed by atoms with Gasteiger partial charge in [-0.25, -0.2) is 4.39 Å². The first-order valence-electron chi connectivity index (χ1n) is 8.99. The first-order valence-corrected chi connectivity index (χ1v) is 8.99. The van der Waals surface area contributed by atoms with Gasteiger partial charge in [0.25, 0.3) is 0 Å². The number of aliphatic hydroxyl groups is 1. The molecule has 4 heteroatoms. The molecule has 3 rings (SSSR count). The smallest absolute Gasteiger partial charge is 0.128 e. The quantitative estimate of drug-likeness (QED) is 0.797. The molecule has 1 fully saturated rings. The highest BCUT2D eigenvalue weighted by atomic mass is 19.1. The van der Waals surface area contributed by atoms with Gasteiger partial charge in [0.15, 0.2) is 0 Å².